The Hall–Kier alpha value is -2.66. The minimum atomic E-state index is -0.584. The van der Waals surface area contributed by atoms with Crippen LogP contribution in [0.1, 0.15) is 137 Å². The molecule has 0 saturated heterocycles. The molecule has 9 unspecified atom stereocenters. The topological polar surface area (TPSA) is 191 Å². The average molecular weight is 743 g/mol. The first-order valence-electron chi connectivity index (χ1n) is 21.0. The van der Waals surface area contributed by atoms with Crippen LogP contribution in [-0.4, -0.2) is 68.8 Å². The Kier molecular flexibility index (Phi) is 16.5. The zero-order chi connectivity index (χ0) is 38.6. The number of allylic oxidation sites excluding steroid dienone is 1. The van der Waals surface area contributed by atoms with E-state index in [1.54, 1.807) is 0 Å². The third-order valence-electron chi connectivity index (χ3n) is 13.7. The maximum atomic E-state index is 12.7. The largest absolute Gasteiger partial charge is 0.460 e. The van der Waals surface area contributed by atoms with Gasteiger partial charge in [0.25, 0.3) is 0 Å². The summed E-state index contributed by atoms with van der Waals surface area (Å²) in [4.78, 5) is 33.5. The number of ether oxygens (including phenoxy) is 3. The molecule has 11 nitrogen and oxygen atoms in total. The number of carbonyl (C=O) groups is 2. The molecule has 302 valence electrons. The summed E-state index contributed by atoms with van der Waals surface area (Å²) in [7, 11) is 0. The van der Waals surface area contributed by atoms with Crippen molar-refractivity contribution >= 4 is 23.7 Å². The van der Waals surface area contributed by atoms with Gasteiger partial charge in [0.1, 0.15) is 18.8 Å². The number of Topliss-reactive ketones (excluding diaryl/α,β-unsaturated/α-hetero) is 1. The van der Waals surface area contributed by atoms with Gasteiger partial charge in [0, 0.05) is 26.0 Å². The molecule has 8 N–H and O–H groups in total. The minimum Gasteiger partial charge on any atom is -0.460 e. The number of nitrogens with two attached hydrogens (primary N) is 4. The first-order chi connectivity index (χ1) is 25.2. The molecular formula is C42H74N6O5. The van der Waals surface area contributed by atoms with E-state index < -0.39 is 6.04 Å². The summed E-state index contributed by atoms with van der Waals surface area (Å²) in [5.74, 6) is 4.51. The van der Waals surface area contributed by atoms with Crippen molar-refractivity contribution in [2.75, 3.05) is 33.0 Å². The van der Waals surface area contributed by atoms with E-state index in [9.17, 15) is 9.59 Å². The van der Waals surface area contributed by atoms with Crippen LogP contribution in [0.5, 0.6) is 0 Å². The second-order valence-electron chi connectivity index (χ2n) is 17.8. The Morgan fingerprint density at radius 1 is 0.849 bits per heavy atom. The SMILES string of the molecule is CC(C)CCCC(C)C1CCC2C3CC=C4CC(OC(=O)COCCOCCCC(=O)C(CCCCN=C(N)N)N=C(N)N)CCC4(C)C3CCC12C. The molecule has 11 heteroatoms. The normalized spacial score (nSPS) is 30.3. The van der Waals surface area contributed by atoms with Crippen molar-refractivity contribution in [3.63, 3.8) is 0 Å². The first kappa shape index (κ1) is 43.1. The average Bonchev–Trinajstić information content (AvgIpc) is 3.45. The van der Waals surface area contributed by atoms with Crippen LogP contribution in [0.15, 0.2) is 21.6 Å². The number of guanidine groups is 2. The smallest absolute Gasteiger partial charge is 0.332 e. The number of hydrogen-bond acceptors (Lipinski definition) is 7. The number of unbranched alkanes of at least 4 members (excludes halogenated alkanes) is 1. The number of carbonyl (C=O) groups excluding carboxylic acids is 2. The summed E-state index contributed by atoms with van der Waals surface area (Å²) >= 11 is 0. The van der Waals surface area contributed by atoms with Gasteiger partial charge in [-0.25, -0.2) is 9.79 Å². The minimum absolute atomic E-state index is 0.0312. The van der Waals surface area contributed by atoms with E-state index in [2.05, 4.69) is 50.7 Å². The fourth-order valence-electron chi connectivity index (χ4n) is 11.0. The molecule has 0 spiro atoms. The van der Waals surface area contributed by atoms with Crippen molar-refractivity contribution < 1.29 is 23.8 Å². The van der Waals surface area contributed by atoms with Crippen LogP contribution in [0.2, 0.25) is 0 Å². The summed E-state index contributed by atoms with van der Waals surface area (Å²) in [6.07, 6.45) is 19.0. The number of hydrogen-bond donors (Lipinski definition) is 4. The Morgan fingerprint density at radius 3 is 2.36 bits per heavy atom. The van der Waals surface area contributed by atoms with Gasteiger partial charge in [0.15, 0.2) is 17.7 Å². The molecule has 0 aliphatic heterocycles. The fourth-order valence-corrected chi connectivity index (χ4v) is 11.0. The van der Waals surface area contributed by atoms with Crippen LogP contribution >= 0.6 is 0 Å². The van der Waals surface area contributed by atoms with E-state index in [0.29, 0.717) is 44.4 Å². The van der Waals surface area contributed by atoms with Gasteiger partial charge < -0.3 is 37.1 Å². The molecule has 0 heterocycles. The summed E-state index contributed by atoms with van der Waals surface area (Å²) < 4.78 is 17.2. The molecule has 9 atom stereocenters. The second-order valence-corrected chi connectivity index (χ2v) is 17.8. The summed E-state index contributed by atoms with van der Waals surface area (Å²) in [5, 5.41) is 0. The molecule has 0 radical (unpaired) electrons. The van der Waals surface area contributed by atoms with Crippen molar-refractivity contribution in [2.24, 2.45) is 79.3 Å². The van der Waals surface area contributed by atoms with Gasteiger partial charge in [-0.15, -0.1) is 0 Å². The van der Waals surface area contributed by atoms with Gasteiger partial charge in [-0.05, 0) is 117 Å². The molecule has 0 aromatic carbocycles. The Labute approximate surface area is 320 Å². The first-order valence-corrected chi connectivity index (χ1v) is 21.0. The lowest BCUT2D eigenvalue weighted by molar-refractivity contribution is -0.157. The molecule has 0 amide bonds. The number of esters is 1. The van der Waals surface area contributed by atoms with Gasteiger partial charge in [0.2, 0.25) is 0 Å². The highest BCUT2D eigenvalue weighted by Crippen LogP contribution is 2.67. The number of ketones is 1. The molecule has 4 aliphatic rings. The van der Waals surface area contributed by atoms with Gasteiger partial charge >= 0.3 is 5.97 Å². The lowest BCUT2D eigenvalue weighted by atomic mass is 9.47. The lowest BCUT2D eigenvalue weighted by Crippen LogP contribution is -2.51. The number of nitrogens with zero attached hydrogens (tertiary/aromatic N) is 2. The Bertz CT molecular complexity index is 1280. The van der Waals surface area contributed by atoms with Crippen LogP contribution < -0.4 is 22.9 Å². The third-order valence-corrected chi connectivity index (χ3v) is 13.7. The monoisotopic (exact) mass is 743 g/mol. The van der Waals surface area contributed by atoms with Crippen molar-refractivity contribution in [1.82, 2.24) is 0 Å². The second kappa shape index (κ2) is 20.3. The van der Waals surface area contributed by atoms with Crippen LogP contribution in [0.4, 0.5) is 0 Å². The quantitative estimate of drug-likeness (QED) is 0.0319. The molecule has 0 bridgehead atoms. The molecule has 4 aliphatic carbocycles. The molecule has 53 heavy (non-hydrogen) atoms. The van der Waals surface area contributed by atoms with E-state index >= 15 is 0 Å². The molecule has 3 saturated carbocycles. The Morgan fingerprint density at radius 2 is 1.62 bits per heavy atom. The van der Waals surface area contributed by atoms with Crippen molar-refractivity contribution in [3.8, 4) is 0 Å². The fraction of sp³-hybridized carbons (Fsp3) is 0.857. The predicted octanol–water partition coefficient (Wildman–Crippen LogP) is 6.41. The summed E-state index contributed by atoms with van der Waals surface area (Å²) in [6.45, 7) is 13.9. The number of rotatable bonds is 22. The number of fused-ring (bicyclic) bond motifs is 5. The van der Waals surface area contributed by atoms with Crippen molar-refractivity contribution in [1.29, 1.82) is 0 Å². The van der Waals surface area contributed by atoms with Crippen LogP contribution in [0, 0.1) is 46.3 Å². The summed E-state index contributed by atoms with van der Waals surface area (Å²) in [5.41, 5.74) is 24.0. The van der Waals surface area contributed by atoms with Gasteiger partial charge in [-0.3, -0.25) is 9.79 Å². The zero-order valence-corrected chi connectivity index (χ0v) is 33.8. The van der Waals surface area contributed by atoms with E-state index in [0.717, 1.165) is 67.6 Å². The zero-order valence-electron chi connectivity index (χ0n) is 33.8. The van der Waals surface area contributed by atoms with Crippen molar-refractivity contribution in [3.05, 3.63) is 11.6 Å². The van der Waals surface area contributed by atoms with E-state index in [1.165, 1.54) is 56.9 Å². The van der Waals surface area contributed by atoms with Gasteiger partial charge in [-0.2, -0.15) is 0 Å². The van der Waals surface area contributed by atoms with E-state index in [1.807, 2.05) is 0 Å². The molecule has 0 aromatic rings. The Balaban J connectivity index is 1.12. The highest BCUT2D eigenvalue weighted by atomic mass is 16.6. The maximum absolute atomic E-state index is 12.7. The lowest BCUT2D eigenvalue weighted by Gasteiger charge is -2.58. The standard InChI is InChI=1S/C42H74N6O5/c1-28(2)10-8-11-29(3)33-16-17-34-32-15-14-30-26-31(18-20-41(30,4)35(32)19-21-42(33,34)5)53-38(50)27-52-25-24-51-23-9-13-37(49)36(48-40(45)46)12-6-7-22-47-39(43)44/h14,28-29,31-36H,6-13,15-27H2,1-5H3,(H4,43,44,47)(H4,45,46,48). The molecular weight excluding hydrogens is 668 g/mol. The van der Waals surface area contributed by atoms with Crippen LogP contribution in [0.3, 0.4) is 0 Å². The molecule has 0 aromatic heterocycles. The van der Waals surface area contributed by atoms with Crippen LogP contribution in [0.25, 0.3) is 0 Å². The third kappa shape index (κ3) is 11.9. The maximum Gasteiger partial charge on any atom is 0.332 e. The number of aliphatic imine (C=N–C) groups is 2. The molecule has 3 fully saturated rings. The highest BCUT2D eigenvalue weighted by Gasteiger charge is 2.59. The van der Waals surface area contributed by atoms with E-state index in [-0.39, 0.29) is 48.4 Å². The van der Waals surface area contributed by atoms with E-state index in [4.69, 9.17) is 37.1 Å². The molecule has 4 rings (SSSR count). The summed E-state index contributed by atoms with van der Waals surface area (Å²) in [6, 6.07) is -0.584. The van der Waals surface area contributed by atoms with Crippen LogP contribution in [-0.2, 0) is 23.8 Å². The highest BCUT2D eigenvalue weighted by molar-refractivity contribution is 5.87. The van der Waals surface area contributed by atoms with Crippen molar-refractivity contribution in [2.45, 2.75) is 149 Å². The van der Waals surface area contributed by atoms with Gasteiger partial charge in [-0.1, -0.05) is 65.5 Å². The van der Waals surface area contributed by atoms with Gasteiger partial charge in [0.05, 0.1) is 13.2 Å². The predicted molar refractivity (Wildman–Crippen MR) is 213 cm³/mol.